The number of carbonyl (C=O) groups is 1. The van der Waals surface area contributed by atoms with Crippen LogP contribution in [0.2, 0.25) is 0 Å². The summed E-state index contributed by atoms with van der Waals surface area (Å²) in [5.41, 5.74) is -0.441. The van der Waals surface area contributed by atoms with Gasteiger partial charge in [0.1, 0.15) is 5.60 Å². The minimum Gasteiger partial charge on any atom is -0.444 e. The van der Waals surface area contributed by atoms with E-state index >= 15 is 0 Å². The number of ether oxygens (including phenoxy) is 2. The van der Waals surface area contributed by atoms with Gasteiger partial charge in [-0.15, -0.1) is 24.0 Å². The Morgan fingerprint density at radius 3 is 2.43 bits per heavy atom. The van der Waals surface area contributed by atoms with Gasteiger partial charge < -0.3 is 25.0 Å². The predicted octanol–water partition coefficient (Wildman–Crippen LogP) is 2.53. The molecule has 2 N–H and O–H groups in total. The van der Waals surface area contributed by atoms with Crippen LogP contribution >= 0.6 is 24.0 Å². The first-order chi connectivity index (χ1) is 13.9. The summed E-state index contributed by atoms with van der Waals surface area (Å²) in [4.78, 5) is 20.9. The lowest BCUT2D eigenvalue weighted by Gasteiger charge is -2.35. The number of hydrogen-bond donors (Lipinski definition) is 2. The van der Waals surface area contributed by atoms with Crippen molar-refractivity contribution in [2.75, 3.05) is 65.6 Å². The fourth-order valence-electron chi connectivity index (χ4n) is 3.05. The van der Waals surface area contributed by atoms with E-state index in [9.17, 15) is 4.79 Å². The molecule has 1 aliphatic heterocycles. The molecular weight excluding hydrogens is 497 g/mol. The summed E-state index contributed by atoms with van der Waals surface area (Å²) >= 11 is 0. The SMILES string of the molecule is CCNC(=NCCCOCC1CC1)NCCN1CCN(C(=O)OC(C)(C)C)CC1.I. The maximum atomic E-state index is 12.1. The number of guanidine groups is 1. The van der Waals surface area contributed by atoms with Gasteiger partial charge in [-0.25, -0.2) is 4.79 Å². The summed E-state index contributed by atoms with van der Waals surface area (Å²) in [6.45, 7) is 16.0. The third-order valence-corrected chi connectivity index (χ3v) is 4.86. The molecule has 0 atom stereocenters. The molecule has 2 rings (SSSR count). The zero-order valence-corrected chi connectivity index (χ0v) is 21.6. The quantitative estimate of drug-likeness (QED) is 0.192. The van der Waals surface area contributed by atoms with Crippen molar-refractivity contribution < 1.29 is 14.3 Å². The smallest absolute Gasteiger partial charge is 0.410 e. The van der Waals surface area contributed by atoms with Gasteiger partial charge >= 0.3 is 6.09 Å². The van der Waals surface area contributed by atoms with E-state index in [2.05, 4.69) is 27.4 Å². The topological polar surface area (TPSA) is 78.4 Å². The van der Waals surface area contributed by atoms with Crippen LogP contribution in [-0.2, 0) is 9.47 Å². The first kappa shape index (κ1) is 27.2. The molecule has 0 aromatic rings. The van der Waals surface area contributed by atoms with Crippen molar-refractivity contribution in [3.05, 3.63) is 0 Å². The third kappa shape index (κ3) is 12.1. The van der Waals surface area contributed by atoms with Crippen molar-refractivity contribution in [1.29, 1.82) is 0 Å². The predicted molar refractivity (Wildman–Crippen MR) is 132 cm³/mol. The Balaban J connectivity index is 0.00000450. The fourth-order valence-corrected chi connectivity index (χ4v) is 3.05. The Bertz CT molecular complexity index is 515. The molecule has 1 aliphatic carbocycles. The van der Waals surface area contributed by atoms with Gasteiger partial charge in [-0.1, -0.05) is 0 Å². The average Bonchev–Trinajstić information content (AvgIpc) is 3.48. The molecule has 8 nitrogen and oxygen atoms in total. The molecule has 0 bridgehead atoms. The van der Waals surface area contributed by atoms with Crippen LogP contribution in [0.4, 0.5) is 4.79 Å². The number of rotatable bonds is 10. The number of hydrogen-bond acceptors (Lipinski definition) is 5. The number of piperazine rings is 1. The Morgan fingerprint density at radius 1 is 1.13 bits per heavy atom. The largest absolute Gasteiger partial charge is 0.444 e. The van der Waals surface area contributed by atoms with Gasteiger partial charge in [0, 0.05) is 65.6 Å². The minimum absolute atomic E-state index is 0. The lowest BCUT2D eigenvalue weighted by Crippen LogP contribution is -2.51. The highest BCUT2D eigenvalue weighted by Crippen LogP contribution is 2.28. The van der Waals surface area contributed by atoms with Crippen LogP contribution in [0.1, 0.15) is 47.0 Å². The standard InChI is InChI=1S/C21H41N5O3.HI/c1-5-22-19(23-9-6-16-28-17-18-7-8-18)24-10-11-25-12-14-26(15-13-25)20(27)29-21(2,3)4;/h18H,5-17H2,1-4H3,(H2,22,23,24);1H. The van der Waals surface area contributed by atoms with Gasteiger partial charge in [0.15, 0.2) is 5.96 Å². The van der Waals surface area contributed by atoms with E-state index in [1.165, 1.54) is 12.8 Å². The Labute approximate surface area is 199 Å². The molecule has 1 saturated carbocycles. The molecule has 0 spiro atoms. The Morgan fingerprint density at radius 2 is 1.83 bits per heavy atom. The second-order valence-electron chi connectivity index (χ2n) is 8.87. The van der Waals surface area contributed by atoms with Gasteiger partial charge in [0.05, 0.1) is 0 Å². The average molecular weight is 540 g/mol. The first-order valence-electron chi connectivity index (χ1n) is 11.2. The molecule has 2 fully saturated rings. The van der Waals surface area contributed by atoms with Gasteiger partial charge in [-0.3, -0.25) is 9.89 Å². The second kappa shape index (κ2) is 14.3. The van der Waals surface area contributed by atoms with Gasteiger partial charge in [0.2, 0.25) is 0 Å². The minimum atomic E-state index is -0.441. The highest BCUT2D eigenvalue weighted by atomic mass is 127. The summed E-state index contributed by atoms with van der Waals surface area (Å²) in [5.74, 6) is 1.69. The zero-order valence-electron chi connectivity index (χ0n) is 19.2. The van der Waals surface area contributed by atoms with Crippen LogP contribution in [0.15, 0.2) is 4.99 Å². The molecule has 176 valence electrons. The van der Waals surface area contributed by atoms with Crippen LogP contribution in [0, 0.1) is 5.92 Å². The van der Waals surface area contributed by atoms with Crippen LogP contribution < -0.4 is 10.6 Å². The van der Waals surface area contributed by atoms with Crippen LogP contribution in [-0.4, -0.2) is 93.0 Å². The molecule has 0 unspecified atom stereocenters. The van der Waals surface area contributed by atoms with E-state index in [4.69, 9.17) is 9.47 Å². The zero-order chi connectivity index (χ0) is 21.1. The van der Waals surface area contributed by atoms with Crippen LogP contribution in [0.3, 0.4) is 0 Å². The summed E-state index contributed by atoms with van der Waals surface area (Å²) < 4.78 is 11.1. The lowest BCUT2D eigenvalue weighted by atomic mass is 10.2. The molecule has 9 heteroatoms. The van der Waals surface area contributed by atoms with Gasteiger partial charge in [-0.05, 0) is 52.9 Å². The number of halogens is 1. The summed E-state index contributed by atoms with van der Waals surface area (Å²) in [6, 6.07) is 0. The number of carbonyl (C=O) groups excluding carboxylic acids is 1. The molecule has 1 amide bonds. The van der Waals surface area contributed by atoms with E-state index in [1.807, 2.05) is 20.8 Å². The van der Waals surface area contributed by atoms with E-state index < -0.39 is 5.60 Å². The number of aliphatic imine (C=N–C) groups is 1. The molecule has 30 heavy (non-hydrogen) atoms. The van der Waals surface area contributed by atoms with E-state index in [-0.39, 0.29) is 30.1 Å². The summed E-state index contributed by atoms with van der Waals surface area (Å²) in [6.07, 6.45) is 3.42. The highest BCUT2D eigenvalue weighted by molar-refractivity contribution is 14.0. The van der Waals surface area contributed by atoms with Crippen molar-refractivity contribution >= 4 is 36.0 Å². The normalized spacial score (nSPS) is 18.0. The molecule has 0 aromatic heterocycles. The van der Waals surface area contributed by atoms with E-state index in [0.29, 0.717) is 13.1 Å². The first-order valence-corrected chi connectivity index (χ1v) is 11.2. The van der Waals surface area contributed by atoms with Crippen molar-refractivity contribution in [1.82, 2.24) is 20.4 Å². The van der Waals surface area contributed by atoms with E-state index in [0.717, 1.165) is 70.8 Å². The molecule has 1 heterocycles. The monoisotopic (exact) mass is 539 g/mol. The second-order valence-corrected chi connectivity index (χ2v) is 8.87. The maximum absolute atomic E-state index is 12.1. The fraction of sp³-hybridized carbons (Fsp3) is 0.905. The molecule has 0 radical (unpaired) electrons. The maximum Gasteiger partial charge on any atom is 0.410 e. The van der Waals surface area contributed by atoms with Crippen LogP contribution in [0.25, 0.3) is 0 Å². The van der Waals surface area contributed by atoms with Crippen LogP contribution in [0.5, 0.6) is 0 Å². The summed E-state index contributed by atoms with van der Waals surface area (Å²) in [5, 5.41) is 6.70. The lowest BCUT2D eigenvalue weighted by molar-refractivity contribution is 0.0147. The van der Waals surface area contributed by atoms with Gasteiger partial charge in [-0.2, -0.15) is 0 Å². The Hall–Kier alpha value is -0.810. The molecule has 2 aliphatic rings. The van der Waals surface area contributed by atoms with Crippen molar-refractivity contribution in [2.45, 2.75) is 52.6 Å². The highest BCUT2D eigenvalue weighted by Gasteiger charge is 2.25. The summed E-state index contributed by atoms with van der Waals surface area (Å²) in [7, 11) is 0. The number of nitrogens with one attached hydrogen (secondary N) is 2. The number of nitrogens with zero attached hydrogens (tertiary/aromatic N) is 3. The van der Waals surface area contributed by atoms with Crippen molar-refractivity contribution in [2.24, 2.45) is 10.9 Å². The Kier molecular flexibility index (Phi) is 13.0. The number of amides is 1. The van der Waals surface area contributed by atoms with Crippen molar-refractivity contribution in [3.8, 4) is 0 Å². The third-order valence-electron chi connectivity index (χ3n) is 4.86. The molecule has 0 aromatic carbocycles. The molecular formula is C21H42IN5O3. The van der Waals surface area contributed by atoms with E-state index in [1.54, 1.807) is 4.90 Å². The van der Waals surface area contributed by atoms with Gasteiger partial charge in [0.25, 0.3) is 0 Å². The molecule has 1 saturated heterocycles. The van der Waals surface area contributed by atoms with Crippen molar-refractivity contribution in [3.63, 3.8) is 0 Å².